The number of hydrogen-bond acceptors (Lipinski definition) is 0. The summed E-state index contributed by atoms with van der Waals surface area (Å²) in [5.41, 5.74) is 0.420. The van der Waals surface area contributed by atoms with Crippen LogP contribution in [0.25, 0.3) is 0 Å². The highest BCUT2D eigenvalue weighted by Gasteiger charge is 2.38. The molecule has 0 amide bonds. The molecule has 70 valence electrons. The molecule has 0 aromatic heterocycles. The first-order valence-electron chi connectivity index (χ1n) is 5.28. The molecule has 0 aromatic carbocycles. The van der Waals surface area contributed by atoms with Crippen LogP contribution in [-0.4, -0.2) is 0 Å². The minimum Gasteiger partial charge on any atom is -0.0879 e. The third-order valence-electron chi connectivity index (χ3n) is 3.62. The second-order valence-electron chi connectivity index (χ2n) is 4.50. The second kappa shape index (κ2) is 3.17. The molecule has 0 N–H and O–H groups in total. The second-order valence-corrected chi connectivity index (χ2v) is 4.50. The van der Waals surface area contributed by atoms with Crippen LogP contribution in [0.1, 0.15) is 26.7 Å². The van der Waals surface area contributed by atoms with Crippen LogP contribution in [0.3, 0.4) is 0 Å². The van der Waals surface area contributed by atoms with Crippen molar-refractivity contribution in [1.82, 2.24) is 0 Å². The topological polar surface area (TPSA) is 0 Å². The first-order chi connectivity index (χ1) is 6.26. The predicted molar refractivity (Wildman–Crippen MR) is 57.4 cm³/mol. The monoisotopic (exact) mass is 174 g/mol. The third kappa shape index (κ3) is 1.29. The van der Waals surface area contributed by atoms with Gasteiger partial charge >= 0.3 is 0 Å². The molecule has 0 nitrogen and oxygen atoms in total. The van der Waals surface area contributed by atoms with Gasteiger partial charge in [-0.3, -0.25) is 0 Å². The van der Waals surface area contributed by atoms with Gasteiger partial charge in [0.2, 0.25) is 0 Å². The van der Waals surface area contributed by atoms with Crippen molar-refractivity contribution in [2.24, 2.45) is 17.3 Å². The van der Waals surface area contributed by atoms with E-state index in [2.05, 4.69) is 50.3 Å². The Balaban J connectivity index is 2.37. The summed E-state index contributed by atoms with van der Waals surface area (Å²) in [7, 11) is 0. The number of fused-ring (bicyclic) bond motifs is 1. The molecule has 0 aliphatic heterocycles. The molecule has 0 heterocycles. The normalized spacial score (nSPS) is 36.7. The summed E-state index contributed by atoms with van der Waals surface area (Å²) >= 11 is 0. The highest BCUT2D eigenvalue weighted by Crippen LogP contribution is 2.47. The van der Waals surface area contributed by atoms with Gasteiger partial charge in [0.15, 0.2) is 0 Å². The van der Waals surface area contributed by atoms with Crippen LogP contribution in [0.5, 0.6) is 0 Å². The fraction of sp³-hybridized carbons (Fsp3) is 0.538. The average molecular weight is 174 g/mol. The Morgan fingerprint density at radius 1 is 1.23 bits per heavy atom. The van der Waals surface area contributed by atoms with Crippen molar-refractivity contribution in [2.75, 3.05) is 0 Å². The van der Waals surface area contributed by atoms with Crippen molar-refractivity contribution in [3.8, 4) is 0 Å². The zero-order valence-corrected chi connectivity index (χ0v) is 8.53. The maximum atomic E-state index is 2.42. The number of rotatable bonds is 1. The Morgan fingerprint density at radius 3 is 2.77 bits per heavy atom. The number of allylic oxidation sites excluding steroid dienone is 6. The summed E-state index contributed by atoms with van der Waals surface area (Å²) in [4.78, 5) is 0. The predicted octanol–water partition coefficient (Wildman–Crippen LogP) is 3.72. The minimum atomic E-state index is 0.420. The quantitative estimate of drug-likeness (QED) is 0.531. The molecule has 0 saturated carbocycles. The molecular formula is C13H18. The summed E-state index contributed by atoms with van der Waals surface area (Å²) < 4.78 is 0. The minimum absolute atomic E-state index is 0.420. The van der Waals surface area contributed by atoms with E-state index in [-0.39, 0.29) is 0 Å². The van der Waals surface area contributed by atoms with E-state index >= 15 is 0 Å². The van der Waals surface area contributed by atoms with Crippen molar-refractivity contribution in [3.63, 3.8) is 0 Å². The zero-order chi connectivity index (χ0) is 9.31. The molecule has 2 aliphatic carbocycles. The van der Waals surface area contributed by atoms with Gasteiger partial charge in [0.1, 0.15) is 0 Å². The van der Waals surface area contributed by atoms with Crippen LogP contribution in [-0.2, 0) is 0 Å². The molecule has 0 aromatic rings. The van der Waals surface area contributed by atoms with E-state index < -0.39 is 0 Å². The molecule has 0 bridgehead atoms. The Hall–Kier alpha value is -0.780. The zero-order valence-electron chi connectivity index (χ0n) is 8.53. The summed E-state index contributed by atoms with van der Waals surface area (Å²) in [6.07, 6.45) is 16.4. The fourth-order valence-electron chi connectivity index (χ4n) is 2.64. The molecule has 2 atom stereocenters. The van der Waals surface area contributed by atoms with Crippen molar-refractivity contribution in [2.45, 2.75) is 26.7 Å². The van der Waals surface area contributed by atoms with Crippen molar-refractivity contribution in [3.05, 3.63) is 36.5 Å². The van der Waals surface area contributed by atoms with E-state index in [1.165, 1.54) is 12.8 Å². The number of hydrogen-bond donors (Lipinski definition) is 0. The van der Waals surface area contributed by atoms with E-state index in [9.17, 15) is 0 Å². The van der Waals surface area contributed by atoms with Gasteiger partial charge in [0.05, 0.1) is 0 Å². The van der Waals surface area contributed by atoms with Crippen LogP contribution < -0.4 is 0 Å². The van der Waals surface area contributed by atoms with Gasteiger partial charge in [-0.15, -0.1) is 0 Å². The molecule has 0 radical (unpaired) electrons. The smallest absolute Gasteiger partial charge is 0.00434 e. The molecule has 2 aliphatic rings. The summed E-state index contributed by atoms with van der Waals surface area (Å²) in [6, 6.07) is 0. The first kappa shape index (κ1) is 8.80. The largest absolute Gasteiger partial charge is 0.0879 e. The van der Waals surface area contributed by atoms with Gasteiger partial charge in [0.25, 0.3) is 0 Å². The van der Waals surface area contributed by atoms with Gasteiger partial charge in [0, 0.05) is 11.3 Å². The molecule has 0 spiro atoms. The summed E-state index contributed by atoms with van der Waals surface area (Å²) in [5.74, 6) is 1.38. The van der Waals surface area contributed by atoms with Crippen LogP contribution in [0.2, 0.25) is 0 Å². The molecule has 2 rings (SSSR count). The standard InChI is InChI=1S/C13H18/c1-11(2)13-9-5-3-7-12(13)8-4-6-10-13/h3-5,7-9,11-12H,6,10H2,1-2H3. The van der Waals surface area contributed by atoms with Gasteiger partial charge in [-0.05, 0) is 18.8 Å². The Labute approximate surface area is 81.0 Å². The lowest BCUT2D eigenvalue weighted by Gasteiger charge is -2.43. The highest BCUT2D eigenvalue weighted by atomic mass is 14.4. The van der Waals surface area contributed by atoms with Gasteiger partial charge in [-0.1, -0.05) is 50.3 Å². The lowest BCUT2D eigenvalue weighted by molar-refractivity contribution is 0.190. The van der Waals surface area contributed by atoms with Crippen LogP contribution >= 0.6 is 0 Å². The highest BCUT2D eigenvalue weighted by molar-refractivity contribution is 5.26. The molecular weight excluding hydrogens is 156 g/mol. The van der Waals surface area contributed by atoms with E-state index in [1.807, 2.05) is 0 Å². The molecule has 0 heteroatoms. The first-order valence-corrected chi connectivity index (χ1v) is 5.28. The van der Waals surface area contributed by atoms with Crippen LogP contribution in [0.4, 0.5) is 0 Å². The van der Waals surface area contributed by atoms with Crippen LogP contribution in [0, 0.1) is 17.3 Å². The fourth-order valence-corrected chi connectivity index (χ4v) is 2.64. The van der Waals surface area contributed by atoms with Crippen molar-refractivity contribution >= 4 is 0 Å². The van der Waals surface area contributed by atoms with Gasteiger partial charge in [-0.2, -0.15) is 0 Å². The van der Waals surface area contributed by atoms with Crippen molar-refractivity contribution in [1.29, 1.82) is 0 Å². The molecule has 13 heavy (non-hydrogen) atoms. The lowest BCUT2D eigenvalue weighted by Crippen LogP contribution is -2.34. The van der Waals surface area contributed by atoms with E-state index in [4.69, 9.17) is 0 Å². The lowest BCUT2D eigenvalue weighted by atomic mass is 9.61. The maximum Gasteiger partial charge on any atom is 0.00434 e. The van der Waals surface area contributed by atoms with Gasteiger partial charge in [-0.25, -0.2) is 0 Å². The maximum absolute atomic E-state index is 2.42. The SMILES string of the molecule is CC(C)C12C=CC=CC1C=CCC2. The van der Waals surface area contributed by atoms with E-state index in [0.717, 1.165) is 5.92 Å². The van der Waals surface area contributed by atoms with E-state index in [1.54, 1.807) is 0 Å². The molecule has 0 fully saturated rings. The molecule has 2 unspecified atom stereocenters. The Morgan fingerprint density at radius 2 is 2.08 bits per heavy atom. The van der Waals surface area contributed by atoms with Crippen molar-refractivity contribution < 1.29 is 0 Å². The Bertz CT molecular complexity index is 268. The summed E-state index contributed by atoms with van der Waals surface area (Å²) in [5, 5.41) is 0. The molecule has 0 saturated heterocycles. The third-order valence-corrected chi connectivity index (χ3v) is 3.62. The van der Waals surface area contributed by atoms with Gasteiger partial charge < -0.3 is 0 Å². The summed E-state index contributed by atoms with van der Waals surface area (Å²) in [6.45, 7) is 4.69. The van der Waals surface area contributed by atoms with Crippen LogP contribution in [0.15, 0.2) is 36.5 Å². The van der Waals surface area contributed by atoms with E-state index in [0.29, 0.717) is 11.3 Å². The average Bonchev–Trinajstić information content (AvgIpc) is 2.17. The Kier molecular flexibility index (Phi) is 2.15.